The van der Waals surface area contributed by atoms with Crippen molar-refractivity contribution in [1.29, 1.82) is 0 Å². The highest BCUT2D eigenvalue weighted by Gasteiger charge is 2.34. The number of carbonyl (C=O) groups is 2. The second-order valence-corrected chi connectivity index (χ2v) is 9.02. The van der Waals surface area contributed by atoms with Gasteiger partial charge in [-0.05, 0) is 61.5 Å². The Labute approximate surface area is 179 Å². The molecule has 164 valence electrons. The smallest absolute Gasteiger partial charge is 0.295 e. The van der Waals surface area contributed by atoms with Gasteiger partial charge in [0.1, 0.15) is 6.04 Å². The van der Waals surface area contributed by atoms with Gasteiger partial charge in [0.25, 0.3) is 0 Å². The highest BCUT2D eigenvalue weighted by Crippen LogP contribution is 2.41. The fourth-order valence-electron chi connectivity index (χ4n) is 5.37. The van der Waals surface area contributed by atoms with Crippen molar-refractivity contribution in [2.24, 2.45) is 24.8 Å². The first-order valence-electron chi connectivity index (χ1n) is 11.3. The van der Waals surface area contributed by atoms with Crippen LogP contribution in [0.15, 0.2) is 18.0 Å². The van der Waals surface area contributed by atoms with E-state index in [4.69, 9.17) is 0 Å². The number of hydrogen-bond acceptors (Lipinski definition) is 3. The Kier molecular flexibility index (Phi) is 6.84. The number of rotatable bonds is 7. The molecule has 1 saturated carbocycles. The second kappa shape index (κ2) is 9.19. The van der Waals surface area contributed by atoms with Gasteiger partial charge in [-0.1, -0.05) is 39.8 Å². The Hall–Kier alpha value is -2.37. The molecule has 1 N–H and O–H groups in total. The third-order valence-corrected chi connectivity index (χ3v) is 7.16. The summed E-state index contributed by atoms with van der Waals surface area (Å²) in [7, 11) is 1.73. The predicted octanol–water partition coefficient (Wildman–Crippen LogP) is 4.06. The molecule has 1 aromatic heterocycles. The molecule has 1 aliphatic carbocycles. The van der Waals surface area contributed by atoms with Crippen LogP contribution in [-0.4, -0.2) is 20.9 Å². The van der Waals surface area contributed by atoms with Crippen LogP contribution in [0.4, 0.5) is 0 Å². The maximum absolute atomic E-state index is 13.1. The Balaban J connectivity index is 1.86. The highest BCUT2D eigenvalue weighted by molar-refractivity contribution is 5.99. The van der Waals surface area contributed by atoms with Crippen LogP contribution in [-0.2, 0) is 16.6 Å². The molecule has 0 spiro atoms. The molecule has 2 unspecified atom stereocenters. The minimum atomic E-state index is -0.693. The van der Waals surface area contributed by atoms with Crippen molar-refractivity contribution in [3.05, 3.63) is 35.0 Å². The van der Waals surface area contributed by atoms with E-state index in [9.17, 15) is 14.4 Å². The van der Waals surface area contributed by atoms with Gasteiger partial charge in [0.05, 0.1) is 11.4 Å². The van der Waals surface area contributed by atoms with Crippen LogP contribution in [0.5, 0.6) is 0 Å². The monoisotopic (exact) mass is 413 g/mol. The summed E-state index contributed by atoms with van der Waals surface area (Å²) < 4.78 is 3.08. The molecule has 6 heteroatoms. The summed E-state index contributed by atoms with van der Waals surface area (Å²) in [6.07, 6.45) is 9.23. The van der Waals surface area contributed by atoms with Crippen LogP contribution >= 0.6 is 0 Å². The molecule has 2 atom stereocenters. The molecule has 6 nitrogen and oxygen atoms in total. The number of aromatic nitrogens is 2. The lowest BCUT2D eigenvalue weighted by atomic mass is 9.73. The summed E-state index contributed by atoms with van der Waals surface area (Å²) in [5, 5.41) is 2.35. The van der Waals surface area contributed by atoms with Gasteiger partial charge in [0.15, 0.2) is 0 Å². The molecule has 0 radical (unpaired) electrons. The number of imidazole rings is 1. The first kappa shape index (κ1) is 22.3. The molecule has 2 heterocycles. The summed E-state index contributed by atoms with van der Waals surface area (Å²) in [5.74, 6) is 1.14. The van der Waals surface area contributed by atoms with Crippen LogP contribution in [0.2, 0.25) is 0 Å². The van der Waals surface area contributed by atoms with Gasteiger partial charge in [-0.2, -0.15) is 0 Å². The average Bonchev–Trinajstić information content (AvgIpc) is 2.98. The van der Waals surface area contributed by atoms with Crippen LogP contribution in [0.1, 0.15) is 82.6 Å². The van der Waals surface area contributed by atoms with Crippen LogP contribution in [0.3, 0.4) is 0 Å². The fraction of sp³-hybridized carbons (Fsp3) is 0.625. The molecular formula is C24H35N3O3. The third-order valence-electron chi connectivity index (χ3n) is 7.16. The lowest BCUT2D eigenvalue weighted by molar-refractivity contribution is -0.135. The second-order valence-electron chi connectivity index (χ2n) is 9.02. The standard InChI is InChI=1S/C24H35N3O3/c1-6-8-15(3)17-9-11-18(12-10-17)16(4)22-19(7-2)27(24(30)26(22)5)20-13-14-21(28)25-23(20)29/h7,15,17-18,20H,2,4,6,8-14H2,1,3,5H3,(H,25,28,29). The Morgan fingerprint density at radius 1 is 1.20 bits per heavy atom. The number of amides is 2. The van der Waals surface area contributed by atoms with Crippen molar-refractivity contribution in [1.82, 2.24) is 14.5 Å². The van der Waals surface area contributed by atoms with Crippen LogP contribution in [0, 0.1) is 17.8 Å². The molecule has 2 amide bonds. The van der Waals surface area contributed by atoms with Crippen molar-refractivity contribution in [2.75, 3.05) is 0 Å². The number of allylic oxidation sites excluding steroid dienone is 1. The first-order valence-corrected chi connectivity index (χ1v) is 11.3. The molecule has 3 rings (SSSR count). The number of hydrogen-bond donors (Lipinski definition) is 1. The Bertz CT molecular complexity index is 900. The lowest BCUT2D eigenvalue weighted by Crippen LogP contribution is -2.44. The zero-order valence-electron chi connectivity index (χ0n) is 18.6. The first-order chi connectivity index (χ1) is 14.3. The third kappa shape index (κ3) is 4.09. The molecule has 30 heavy (non-hydrogen) atoms. The van der Waals surface area contributed by atoms with Crippen LogP contribution < -0.4 is 11.0 Å². The minimum absolute atomic E-state index is 0.227. The van der Waals surface area contributed by atoms with Crippen molar-refractivity contribution in [3.63, 3.8) is 0 Å². The molecule has 0 bridgehead atoms. The number of imide groups is 1. The molecule has 1 aliphatic heterocycles. The van der Waals surface area contributed by atoms with Gasteiger partial charge in [-0.15, -0.1) is 0 Å². The number of nitrogens with one attached hydrogen (secondary N) is 1. The molecule has 0 aromatic carbocycles. The van der Waals surface area contributed by atoms with Crippen molar-refractivity contribution >= 4 is 23.5 Å². The predicted molar refractivity (Wildman–Crippen MR) is 120 cm³/mol. The summed E-state index contributed by atoms with van der Waals surface area (Å²) in [6.45, 7) is 12.9. The molecule has 2 fully saturated rings. The lowest BCUT2D eigenvalue weighted by Gasteiger charge is -2.33. The van der Waals surface area contributed by atoms with E-state index in [1.54, 1.807) is 17.7 Å². The van der Waals surface area contributed by atoms with Gasteiger partial charge in [-0.25, -0.2) is 4.79 Å². The Morgan fingerprint density at radius 2 is 1.87 bits per heavy atom. The van der Waals surface area contributed by atoms with Gasteiger partial charge in [0.2, 0.25) is 11.8 Å². The number of nitrogens with zero attached hydrogens (tertiary/aromatic N) is 2. The average molecular weight is 414 g/mol. The van der Waals surface area contributed by atoms with Crippen molar-refractivity contribution in [2.45, 2.75) is 71.3 Å². The van der Waals surface area contributed by atoms with E-state index in [0.29, 0.717) is 18.0 Å². The number of carbonyl (C=O) groups excluding carboxylic acids is 2. The van der Waals surface area contributed by atoms with E-state index in [1.165, 1.54) is 30.3 Å². The fourth-order valence-corrected chi connectivity index (χ4v) is 5.37. The largest absolute Gasteiger partial charge is 0.329 e. The van der Waals surface area contributed by atoms with E-state index in [0.717, 1.165) is 35.9 Å². The van der Waals surface area contributed by atoms with Gasteiger partial charge in [-0.3, -0.25) is 24.0 Å². The molecule has 1 aromatic rings. The van der Waals surface area contributed by atoms with Crippen LogP contribution in [0.25, 0.3) is 11.6 Å². The Morgan fingerprint density at radius 3 is 2.43 bits per heavy atom. The zero-order chi connectivity index (χ0) is 22.0. The van der Waals surface area contributed by atoms with Crippen molar-refractivity contribution in [3.8, 4) is 0 Å². The normalized spacial score (nSPS) is 25.6. The molecular weight excluding hydrogens is 378 g/mol. The van der Waals surface area contributed by atoms with Gasteiger partial charge >= 0.3 is 5.69 Å². The maximum atomic E-state index is 13.1. The van der Waals surface area contributed by atoms with Crippen molar-refractivity contribution < 1.29 is 9.59 Å². The van der Waals surface area contributed by atoms with Gasteiger partial charge in [0, 0.05) is 13.5 Å². The summed E-state index contributed by atoms with van der Waals surface area (Å²) in [6, 6.07) is -0.693. The summed E-state index contributed by atoms with van der Waals surface area (Å²) in [5.41, 5.74) is 2.09. The van der Waals surface area contributed by atoms with Gasteiger partial charge < -0.3 is 0 Å². The number of piperidine rings is 1. The van der Waals surface area contributed by atoms with E-state index >= 15 is 0 Å². The highest BCUT2D eigenvalue weighted by atomic mass is 16.2. The maximum Gasteiger partial charge on any atom is 0.329 e. The SMILES string of the molecule is C=Cc1c(C(=C)C2CCC(C(C)CCC)CC2)n(C)c(=O)n1C1CCC(=O)NC1=O. The topological polar surface area (TPSA) is 73.1 Å². The van der Waals surface area contributed by atoms with E-state index in [1.807, 2.05) is 0 Å². The quantitative estimate of drug-likeness (QED) is 0.685. The molecule has 1 saturated heterocycles. The van der Waals surface area contributed by atoms with E-state index < -0.39 is 11.9 Å². The minimum Gasteiger partial charge on any atom is -0.295 e. The summed E-state index contributed by atoms with van der Waals surface area (Å²) in [4.78, 5) is 37.0. The summed E-state index contributed by atoms with van der Waals surface area (Å²) >= 11 is 0. The zero-order valence-corrected chi connectivity index (χ0v) is 18.6. The molecule has 2 aliphatic rings. The van der Waals surface area contributed by atoms with E-state index in [-0.39, 0.29) is 18.0 Å². The van der Waals surface area contributed by atoms with E-state index in [2.05, 4.69) is 32.3 Å².